The summed E-state index contributed by atoms with van der Waals surface area (Å²) in [6.07, 6.45) is 9.94. The van der Waals surface area contributed by atoms with E-state index in [0.717, 1.165) is 53.0 Å². The topological polar surface area (TPSA) is 83.6 Å². The first-order chi connectivity index (χ1) is 22.2. The summed E-state index contributed by atoms with van der Waals surface area (Å²) in [4.78, 5) is 15.2. The van der Waals surface area contributed by atoms with Crippen molar-refractivity contribution in [3.05, 3.63) is 106 Å². The van der Waals surface area contributed by atoms with E-state index in [2.05, 4.69) is 48.4 Å². The fourth-order valence-corrected chi connectivity index (χ4v) is 9.18. The van der Waals surface area contributed by atoms with E-state index in [-0.39, 0.29) is 11.1 Å². The summed E-state index contributed by atoms with van der Waals surface area (Å²) < 4.78 is 12.4. The second-order valence-corrected chi connectivity index (χ2v) is 15.2. The van der Waals surface area contributed by atoms with Crippen LogP contribution in [0.1, 0.15) is 81.6 Å². The molecular weight excluding hydrogens is 572 g/mol. The normalized spacial score (nSPS) is 24.3. The first-order valence-electron chi connectivity index (χ1n) is 17.2. The molecular formula is C40H48N2O4. The number of nitrogens with one attached hydrogen (secondary N) is 2. The lowest BCUT2D eigenvalue weighted by Gasteiger charge is -2.57. The molecule has 4 fully saturated rings. The summed E-state index contributed by atoms with van der Waals surface area (Å²) in [6, 6.07) is 25.4. The highest BCUT2D eigenvalue weighted by Gasteiger charge is 2.50. The molecule has 1 atom stereocenters. The minimum Gasteiger partial charge on any atom is -0.494 e. The highest BCUT2D eigenvalue weighted by Crippen LogP contribution is 2.61. The summed E-state index contributed by atoms with van der Waals surface area (Å²) >= 11 is 0. The predicted molar refractivity (Wildman–Crippen MR) is 183 cm³/mol. The van der Waals surface area contributed by atoms with Crippen LogP contribution in [0.15, 0.2) is 83.7 Å². The zero-order chi connectivity index (χ0) is 31.7. The Bertz CT molecular complexity index is 1680. The number of hydrogen-bond donors (Lipinski definition) is 3. The zero-order valence-electron chi connectivity index (χ0n) is 27.3. The average Bonchev–Trinajstić information content (AvgIpc) is 3.02. The molecule has 6 heteroatoms. The third-order valence-corrected chi connectivity index (χ3v) is 10.9. The molecule has 1 unspecified atom stereocenters. The maximum Gasteiger partial charge on any atom is 0.248 e. The molecule has 4 aliphatic carbocycles. The Morgan fingerprint density at radius 3 is 2.35 bits per heavy atom. The van der Waals surface area contributed by atoms with Gasteiger partial charge in [-0.05, 0) is 129 Å². The molecule has 46 heavy (non-hydrogen) atoms. The molecule has 6 nitrogen and oxygen atoms in total. The highest BCUT2D eigenvalue weighted by atomic mass is 16.5. The summed E-state index contributed by atoms with van der Waals surface area (Å²) in [7, 11) is 0. The smallest absolute Gasteiger partial charge is 0.248 e. The van der Waals surface area contributed by atoms with Crippen LogP contribution >= 0.6 is 0 Å². The van der Waals surface area contributed by atoms with Crippen molar-refractivity contribution < 1.29 is 14.6 Å². The van der Waals surface area contributed by atoms with E-state index in [4.69, 9.17) is 9.47 Å². The number of β-amino-alcohol motifs (C(OH)–C–C–N with tert-alkyl or cyclic N) is 1. The second kappa shape index (κ2) is 12.9. The van der Waals surface area contributed by atoms with Crippen LogP contribution in [-0.2, 0) is 13.0 Å². The van der Waals surface area contributed by atoms with Crippen LogP contribution in [0.2, 0.25) is 0 Å². The Balaban J connectivity index is 0.954. The Morgan fingerprint density at radius 2 is 1.61 bits per heavy atom. The van der Waals surface area contributed by atoms with Crippen LogP contribution in [0.25, 0.3) is 10.9 Å². The van der Waals surface area contributed by atoms with Gasteiger partial charge < -0.3 is 24.9 Å². The molecule has 0 saturated heterocycles. The second-order valence-electron chi connectivity index (χ2n) is 15.2. The number of pyridine rings is 1. The van der Waals surface area contributed by atoms with Gasteiger partial charge in [-0.25, -0.2) is 0 Å². The average molecular weight is 621 g/mol. The number of ether oxygens (including phenoxy) is 2. The van der Waals surface area contributed by atoms with Gasteiger partial charge in [-0.3, -0.25) is 4.79 Å². The highest BCUT2D eigenvalue weighted by molar-refractivity contribution is 5.87. The molecule has 0 radical (unpaired) electrons. The van der Waals surface area contributed by atoms with Crippen molar-refractivity contribution in [3.63, 3.8) is 0 Å². The molecule has 0 spiro atoms. The molecule has 3 aromatic carbocycles. The van der Waals surface area contributed by atoms with E-state index in [1.807, 2.05) is 42.5 Å². The van der Waals surface area contributed by atoms with Crippen LogP contribution in [0.5, 0.6) is 11.5 Å². The van der Waals surface area contributed by atoms with Gasteiger partial charge in [0.2, 0.25) is 5.56 Å². The monoisotopic (exact) mass is 620 g/mol. The molecule has 1 heterocycles. The van der Waals surface area contributed by atoms with Crippen molar-refractivity contribution in [2.24, 2.45) is 23.2 Å². The largest absolute Gasteiger partial charge is 0.494 e. The van der Waals surface area contributed by atoms with Crippen LogP contribution in [0, 0.1) is 23.2 Å². The third-order valence-electron chi connectivity index (χ3n) is 10.9. The first kappa shape index (κ1) is 31.0. The molecule has 1 aromatic heterocycles. The molecule has 242 valence electrons. The lowest BCUT2D eigenvalue weighted by molar-refractivity contribution is -0.0622. The van der Waals surface area contributed by atoms with E-state index in [1.54, 1.807) is 6.07 Å². The molecule has 4 bridgehead atoms. The number of rotatable bonds is 13. The number of aliphatic hydroxyl groups is 1. The standard InChI is InChI=1S/C40H48N2O4/c1-39(2,21-28-9-6-10-32(20-28)45-16-15-40-22-29-17-30(23-40)19-31(18-29)24-40)41-25-35(43)33-11-13-36(38-34(33)12-14-37(44)42-38)46-26-27-7-4-3-5-8-27/h3-14,20,29-31,35,41,43H,15-19,21-26H2,1-2H3,(H,42,44). The molecule has 3 N–H and O–H groups in total. The minimum absolute atomic E-state index is 0.207. The van der Waals surface area contributed by atoms with Gasteiger partial charge in [0, 0.05) is 23.5 Å². The Morgan fingerprint density at radius 1 is 0.891 bits per heavy atom. The molecule has 0 amide bonds. The van der Waals surface area contributed by atoms with Gasteiger partial charge in [-0.2, -0.15) is 0 Å². The quantitative estimate of drug-likeness (QED) is 0.142. The van der Waals surface area contributed by atoms with E-state index < -0.39 is 6.10 Å². The van der Waals surface area contributed by atoms with Crippen molar-refractivity contribution >= 4 is 10.9 Å². The summed E-state index contributed by atoms with van der Waals surface area (Å²) in [5.41, 5.74) is 3.66. The number of fused-ring (bicyclic) bond motifs is 1. The minimum atomic E-state index is -0.768. The fraction of sp³-hybridized carbons (Fsp3) is 0.475. The molecule has 4 aliphatic rings. The lowest BCUT2D eigenvalue weighted by Crippen LogP contribution is -2.46. The van der Waals surface area contributed by atoms with Crippen molar-refractivity contribution in [2.75, 3.05) is 13.2 Å². The van der Waals surface area contributed by atoms with E-state index in [1.165, 1.54) is 56.6 Å². The Hall–Kier alpha value is -3.61. The van der Waals surface area contributed by atoms with Gasteiger partial charge in [0.25, 0.3) is 0 Å². The van der Waals surface area contributed by atoms with Crippen molar-refractivity contribution in [3.8, 4) is 11.5 Å². The van der Waals surface area contributed by atoms with Crippen LogP contribution < -0.4 is 20.3 Å². The maximum absolute atomic E-state index is 12.2. The number of aliphatic hydroxyl groups excluding tert-OH is 1. The first-order valence-corrected chi connectivity index (χ1v) is 17.2. The van der Waals surface area contributed by atoms with Gasteiger partial charge in [0.15, 0.2) is 0 Å². The summed E-state index contributed by atoms with van der Waals surface area (Å²) in [5, 5.41) is 15.7. The van der Waals surface area contributed by atoms with E-state index in [0.29, 0.717) is 29.8 Å². The molecule has 4 aromatic rings. The number of hydrogen-bond acceptors (Lipinski definition) is 5. The van der Waals surface area contributed by atoms with Crippen molar-refractivity contribution in [1.82, 2.24) is 10.3 Å². The Kier molecular flexibility index (Phi) is 8.69. The van der Waals surface area contributed by atoms with Crippen LogP contribution in [0.4, 0.5) is 0 Å². The molecule has 8 rings (SSSR count). The van der Waals surface area contributed by atoms with Gasteiger partial charge in [0.05, 0.1) is 18.2 Å². The molecule has 4 saturated carbocycles. The number of aromatic nitrogens is 1. The number of aromatic amines is 1. The predicted octanol–water partition coefficient (Wildman–Crippen LogP) is 7.74. The van der Waals surface area contributed by atoms with Crippen molar-refractivity contribution in [1.29, 1.82) is 0 Å². The summed E-state index contributed by atoms with van der Waals surface area (Å²) in [6.45, 7) is 5.89. The lowest BCUT2D eigenvalue weighted by atomic mass is 9.49. The molecule has 0 aliphatic heterocycles. The van der Waals surface area contributed by atoms with Gasteiger partial charge in [-0.15, -0.1) is 0 Å². The zero-order valence-corrected chi connectivity index (χ0v) is 27.3. The van der Waals surface area contributed by atoms with Gasteiger partial charge in [-0.1, -0.05) is 48.5 Å². The number of H-pyrrole nitrogens is 1. The van der Waals surface area contributed by atoms with E-state index >= 15 is 0 Å². The van der Waals surface area contributed by atoms with Crippen LogP contribution in [-0.4, -0.2) is 28.8 Å². The van der Waals surface area contributed by atoms with Gasteiger partial charge in [0.1, 0.15) is 18.1 Å². The maximum atomic E-state index is 12.2. The van der Waals surface area contributed by atoms with Crippen molar-refractivity contribution in [2.45, 2.75) is 83.5 Å². The fourth-order valence-electron chi connectivity index (χ4n) is 9.18. The third kappa shape index (κ3) is 7.03. The van der Waals surface area contributed by atoms with E-state index in [9.17, 15) is 9.90 Å². The summed E-state index contributed by atoms with van der Waals surface area (Å²) in [5.74, 6) is 4.46. The Labute approximate surface area is 272 Å². The number of benzene rings is 3. The SMILES string of the molecule is CC(C)(Cc1cccc(OCCC23CC4CC(CC(C4)C2)C3)c1)NCC(O)c1ccc(OCc2ccccc2)c2[nH]c(=O)ccc12. The van der Waals surface area contributed by atoms with Crippen LogP contribution in [0.3, 0.4) is 0 Å². The van der Waals surface area contributed by atoms with Gasteiger partial charge >= 0.3 is 0 Å².